The van der Waals surface area contributed by atoms with E-state index in [4.69, 9.17) is 4.42 Å². The van der Waals surface area contributed by atoms with Crippen LogP contribution in [0.5, 0.6) is 5.75 Å². The summed E-state index contributed by atoms with van der Waals surface area (Å²) in [6, 6.07) is 1.27. The molecule has 1 rings (SSSR count). The number of methoxy groups -OCH3 is 1. The number of rotatable bonds is 13. The Balaban J connectivity index is 2.83. The van der Waals surface area contributed by atoms with Crippen molar-refractivity contribution in [2.75, 3.05) is 7.11 Å². The van der Waals surface area contributed by atoms with E-state index in [1.807, 2.05) is 6.08 Å². The first kappa shape index (κ1) is 26.4. The maximum absolute atomic E-state index is 12.7. The number of unbranched alkanes of at least 4 members (excludes halogenated alkanes) is 3. The van der Waals surface area contributed by atoms with Gasteiger partial charge >= 0.3 is 11.6 Å². The van der Waals surface area contributed by atoms with E-state index >= 15 is 0 Å². The van der Waals surface area contributed by atoms with Crippen LogP contribution in [-0.4, -0.2) is 35.2 Å². The van der Waals surface area contributed by atoms with Gasteiger partial charge in [-0.2, -0.15) is 0 Å². The summed E-state index contributed by atoms with van der Waals surface area (Å²) < 4.78 is 9.78. The number of aliphatic hydroxyl groups is 1. The van der Waals surface area contributed by atoms with Gasteiger partial charge in [-0.1, -0.05) is 51.8 Å². The van der Waals surface area contributed by atoms with E-state index in [1.165, 1.54) is 26.2 Å². The largest absolute Gasteiger partial charge is 0.507 e. The Kier molecular flexibility index (Phi) is 11.6. The number of aliphatic hydroxyl groups excluding tert-OH is 1. The van der Waals surface area contributed by atoms with E-state index in [0.29, 0.717) is 12.8 Å². The SMILES string of the molecule is CCCCCC=CC(O)C(C)C(=O)c1c(O)cc([C@H](C)CCC=CC(=O)OC)oc1=O. The van der Waals surface area contributed by atoms with Crippen molar-refractivity contribution < 1.29 is 29.0 Å². The van der Waals surface area contributed by atoms with Gasteiger partial charge in [0.05, 0.1) is 13.2 Å². The molecular formula is C24H34O7. The molecule has 1 aromatic heterocycles. The monoisotopic (exact) mass is 434 g/mol. The van der Waals surface area contributed by atoms with Crippen molar-refractivity contribution in [3.63, 3.8) is 0 Å². The van der Waals surface area contributed by atoms with E-state index in [-0.39, 0.29) is 11.7 Å². The first-order chi connectivity index (χ1) is 14.7. The van der Waals surface area contributed by atoms with Gasteiger partial charge in [-0.15, -0.1) is 0 Å². The summed E-state index contributed by atoms with van der Waals surface area (Å²) in [6.45, 7) is 5.42. The Morgan fingerprint density at radius 3 is 2.52 bits per heavy atom. The summed E-state index contributed by atoms with van der Waals surface area (Å²) in [4.78, 5) is 36.1. The third-order valence-electron chi connectivity index (χ3n) is 5.14. The smallest absolute Gasteiger partial charge is 0.350 e. The van der Waals surface area contributed by atoms with E-state index in [2.05, 4.69) is 11.7 Å². The maximum atomic E-state index is 12.7. The molecule has 0 aliphatic rings. The van der Waals surface area contributed by atoms with E-state index in [9.17, 15) is 24.6 Å². The molecule has 7 heteroatoms. The minimum absolute atomic E-state index is 0.223. The Labute approximate surface area is 183 Å². The number of esters is 1. The fourth-order valence-electron chi connectivity index (χ4n) is 3.00. The van der Waals surface area contributed by atoms with Crippen LogP contribution in [0.25, 0.3) is 0 Å². The first-order valence-corrected chi connectivity index (χ1v) is 10.7. The van der Waals surface area contributed by atoms with Crippen molar-refractivity contribution >= 4 is 11.8 Å². The highest BCUT2D eigenvalue weighted by molar-refractivity contribution is 6.00. The van der Waals surface area contributed by atoms with Crippen molar-refractivity contribution in [3.8, 4) is 5.75 Å². The number of carbonyl (C=O) groups is 2. The molecule has 0 aliphatic carbocycles. The summed E-state index contributed by atoms with van der Waals surface area (Å²) in [5.74, 6) is -2.46. The summed E-state index contributed by atoms with van der Waals surface area (Å²) in [5.41, 5.74) is -1.38. The summed E-state index contributed by atoms with van der Waals surface area (Å²) in [6.07, 6.45) is 10.4. The number of aromatic hydroxyl groups is 1. The van der Waals surface area contributed by atoms with Gasteiger partial charge in [0.1, 0.15) is 17.1 Å². The third kappa shape index (κ3) is 8.53. The van der Waals surface area contributed by atoms with Crippen LogP contribution >= 0.6 is 0 Å². The number of ether oxygens (including phenoxy) is 1. The second-order valence-electron chi connectivity index (χ2n) is 7.67. The summed E-state index contributed by atoms with van der Waals surface area (Å²) >= 11 is 0. The first-order valence-electron chi connectivity index (χ1n) is 10.7. The average molecular weight is 435 g/mol. The predicted octanol–water partition coefficient (Wildman–Crippen LogP) is 4.27. The fraction of sp³-hybridized carbons (Fsp3) is 0.542. The highest BCUT2D eigenvalue weighted by atomic mass is 16.5. The zero-order valence-electron chi connectivity index (χ0n) is 18.8. The molecule has 0 spiro atoms. The van der Waals surface area contributed by atoms with E-state index in [1.54, 1.807) is 19.1 Å². The quantitative estimate of drug-likeness (QED) is 0.157. The van der Waals surface area contributed by atoms with Gasteiger partial charge in [0.25, 0.3) is 0 Å². The number of allylic oxidation sites excluding steroid dienone is 2. The number of hydrogen-bond acceptors (Lipinski definition) is 7. The molecule has 31 heavy (non-hydrogen) atoms. The summed E-state index contributed by atoms with van der Waals surface area (Å²) in [5, 5.41) is 20.6. The van der Waals surface area contributed by atoms with E-state index in [0.717, 1.165) is 25.7 Å². The van der Waals surface area contributed by atoms with E-state index < -0.39 is 40.7 Å². The van der Waals surface area contributed by atoms with Gasteiger partial charge in [0.15, 0.2) is 5.78 Å². The zero-order chi connectivity index (χ0) is 23.4. The molecule has 0 amide bonds. The highest BCUT2D eigenvalue weighted by Gasteiger charge is 2.28. The lowest BCUT2D eigenvalue weighted by Crippen LogP contribution is -2.28. The van der Waals surface area contributed by atoms with Gasteiger partial charge in [-0.3, -0.25) is 4.79 Å². The Morgan fingerprint density at radius 1 is 1.19 bits per heavy atom. The fourth-order valence-corrected chi connectivity index (χ4v) is 3.00. The molecule has 0 aliphatic heterocycles. The van der Waals surface area contributed by atoms with Crippen LogP contribution in [0.2, 0.25) is 0 Å². The van der Waals surface area contributed by atoms with Gasteiger partial charge in [0.2, 0.25) is 0 Å². The third-order valence-corrected chi connectivity index (χ3v) is 5.14. The molecule has 0 fully saturated rings. The molecule has 0 saturated heterocycles. The molecule has 2 unspecified atom stereocenters. The lowest BCUT2D eigenvalue weighted by atomic mass is 9.93. The molecule has 0 radical (unpaired) electrons. The predicted molar refractivity (Wildman–Crippen MR) is 118 cm³/mol. The number of carbonyl (C=O) groups excluding carboxylic acids is 2. The minimum Gasteiger partial charge on any atom is -0.507 e. The molecule has 0 bridgehead atoms. The van der Waals surface area contributed by atoms with Crippen LogP contribution in [0.4, 0.5) is 0 Å². The van der Waals surface area contributed by atoms with Gasteiger partial charge in [-0.25, -0.2) is 9.59 Å². The van der Waals surface area contributed by atoms with Crippen LogP contribution in [0.15, 0.2) is 39.6 Å². The molecular weight excluding hydrogens is 400 g/mol. The van der Waals surface area contributed by atoms with Crippen LogP contribution in [-0.2, 0) is 9.53 Å². The second-order valence-corrected chi connectivity index (χ2v) is 7.67. The molecule has 0 aromatic carbocycles. The van der Waals surface area contributed by atoms with Crippen LogP contribution in [0.3, 0.4) is 0 Å². The average Bonchev–Trinajstić information content (AvgIpc) is 2.74. The van der Waals surface area contributed by atoms with Crippen molar-refractivity contribution in [1.82, 2.24) is 0 Å². The molecule has 1 heterocycles. The molecule has 2 N–H and O–H groups in total. The molecule has 3 atom stereocenters. The zero-order valence-corrected chi connectivity index (χ0v) is 18.8. The van der Waals surface area contributed by atoms with Crippen LogP contribution in [0, 0.1) is 5.92 Å². The van der Waals surface area contributed by atoms with Crippen molar-refractivity contribution in [1.29, 1.82) is 0 Å². The normalized spacial score (nSPS) is 14.6. The van der Waals surface area contributed by atoms with Gasteiger partial charge < -0.3 is 19.4 Å². The second kappa shape index (κ2) is 13.6. The lowest BCUT2D eigenvalue weighted by molar-refractivity contribution is -0.134. The number of Topliss-reactive ketones (excluding diaryl/α,β-unsaturated/α-hetero) is 1. The van der Waals surface area contributed by atoms with Gasteiger partial charge in [-0.05, 0) is 25.7 Å². The molecule has 7 nitrogen and oxygen atoms in total. The minimum atomic E-state index is -1.06. The Bertz CT molecular complexity index is 835. The molecule has 0 saturated carbocycles. The standard InChI is InChI=1S/C24H34O7/c1-5-6-7-8-9-13-18(25)17(3)23(28)22-19(26)15-20(31-24(22)29)16(2)12-10-11-14-21(27)30-4/h9,11,13-18,25-26H,5-8,10,12H2,1-4H3/t16-,17?,18?/m1/s1. The van der Waals surface area contributed by atoms with Crippen LogP contribution in [0.1, 0.15) is 81.3 Å². The highest BCUT2D eigenvalue weighted by Crippen LogP contribution is 2.26. The lowest BCUT2D eigenvalue weighted by Gasteiger charge is -2.16. The van der Waals surface area contributed by atoms with Crippen molar-refractivity contribution in [3.05, 3.63) is 52.1 Å². The Hall–Kier alpha value is -2.67. The van der Waals surface area contributed by atoms with Gasteiger partial charge in [0, 0.05) is 24.0 Å². The number of hydrogen-bond donors (Lipinski definition) is 2. The summed E-state index contributed by atoms with van der Waals surface area (Å²) in [7, 11) is 1.29. The topological polar surface area (TPSA) is 114 Å². The van der Waals surface area contributed by atoms with Crippen molar-refractivity contribution in [2.24, 2.45) is 5.92 Å². The van der Waals surface area contributed by atoms with Crippen molar-refractivity contribution in [2.45, 2.75) is 71.3 Å². The molecule has 172 valence electrons. The Morgan fingerprint density at radius 2 is 1.90 bits per heavy atom. The maximum Gasteiger partial charge on any atom is 0.350 e. The van der Waals surface area contributed by atoms with Crippen LogP contribution < -0.4 is 5.63 Å². The molecule has 1 aromatic rings. The number of ketones is 1.